The first-order valence-corrected chi connectivity index (χ1v) is 9.53. The van der Waals surface area contributed by atoms with Crippen molar-refractivity contribution in [3.63, 3.8) is 0 Å². The predicted molar refractivity (Wildman–Crippen MR) is 103 cm³/mol. The van der Waals surface area contributed by atoms with Gasteiger partial charge in [0.25, 0.3) is 5.91 Å². The average Bonchev–Trinajstić information content (AvgIpc) is 3.26. The number of nitrogens with zero attached hydrogens (tertiary/aromatic N) is 3. The molecule has 3 aliphatic rings. The van der Waals surface area contributed by atoms with Gasteiger partial charge >= 0.3 is 0 Å². The van der Waals surface area contributed by atoms with Crippen LogP contribution in [0, 0.1) is 0 Å². The van der Waals surface area contributed by atoms with Crippen LogP contribution in [-0.4, -0.2) is 35.8 Å². The topological polar surface area (TPSA) is 35.9 Å². The Morgan fingerprint density at radius 1 is 0.962 bits per heavy atom. The summed E-state index contributed by atoms with van der Waals surface area (Å²) in [6, 6.07) is 19.5. The van der Waals surface area contributed by atoms with Gasteiger partial charge in [-0.1, -0.05) is 42.5 Å². The molecule has 1 atom stereocenters. The number of aryl methyl sites for hydroxylation is 1. The summed E-state index contributed by atoms with van der Waals surface area (Å²) >= 11 is 0. The minimum absolute atomic E-state index is 0.0211. The Morgan fingerprint density at radius 2 is 1.69 bits per heavy atom. The SMILES string of the molecule is O=C1N=CN(c2ccccc2)C12CCN(C1CCc3ccccc31)CC2. The predicted octanol–water partition coefficient (Wildman–Crippen LogP) is 3.58. The first kappa shape index (κ1) is 15.8. The summed E-state index contributed by atoms with van der Waals surface area (Å²) in [5.74, 6) is 0.0211. The van der Waals surface area contributed by atoms with E-state index >= 15 is 0 Å². The maximum atomic E-state index is 12.7. The van der Waals surface area contributed by atoms with Gasteiger partial charge in [0.2, 0.25) is 0 Å². The highest BCUT2D eigenvalue weighted by Gasteiger charge is 2.50. The number of carbonyl (C=O) groups is 1. The molecular formula is C22H23N3O. The van der Waals surface area contributed by atoms with Crippen LogP contribution in [0.4, 0.5) is 5.69 Å². The summed E-state index contributed by atoms with van der Waals surface area (Å²) in [7, 11) is 0. The van der Waals surface area contributed by atoms with Gasteiger partial charge < -0.3 is 4.90 Å². The summed E-state index contributed by atoms with van der Waals surface area (Å²) in [6.07, 6.45) is 5.76. The fraction of sp³-hybridized carbons (Fsp3) is 0.364. The van der Waals surface area contributed by atoms with Gasteiger partial charge in [0.1, 0.15) is 5.54 Å². The van der Waals surface area contributed by atoms with E-state index < -0.39 is 5.54 Å². The Balaban J connectivity index is 1.37. The van der Waals surface area contributed by atoms with Gasteiger partial charge in [-0.2, -0.15) is 0 Å². The molecule has 1 unspecified atom stereocenters. The Bertz CT molecular complexity index is 853. The molecule has 0 radical (unpaired) electrons. The lowest BCUT2D eigenvalue weighted by Gasteiger charge is -2.44. The standard InChI is InChI=1S/C22H23N3O/c26-21-22(25(16-23-21)18-7-2-1-3-8-18)12-14-24(15-13-22)20-11-10-17-6-4-5-9-19(17)20/h1-9,16,20H,10-15H2. The number of aliphatic imine (C=N–C) groups is 1. The molecule has 0 aromatic heterocycles. The van der Waals surface area contributed by atoms with Crippen LogP contribution in [0.5, 0.6) is 0 Å². The maximum absolute atomic E-state index is 12.7. The van der Waals surface area contributed by atoms with E-state index in [9.17, 15) is 4.79 Å². The highest BCUT2D eigenvalue weighted by Crippen LogP contribution is 2.41. The minimum atomic E-state index is -0.490. The molecule has 2 aliphatic heterocycles. The van der Waals surface area contributed by atoms with Gasteiger partial charge in [-0.15, -0.1) is 0 Å². The number of para-hydroxylation sites is 1. The molecule has 1 saturated heterocycles. The zero-order valence-corrected chi connectivity index (χ0v) is 14.8. The molecule has 1 spiro atoms. The largest absolute Gasteiger partial charge is 0.317 e. The van der Waals surface area contributed by atoms with Crippen LogP contribution < -0.4 is 4.90 Å². The zero-order valence-electron chi connectivity index (χ0n) is 14.8. The molecule has 0 N–H and O–H groups in total. The zero-order chi connectivity index (χ0) is 17.6. The Labute approximate surface area is 154 Å². The second-order valence-corrected chi connectivity index (χ2v) is 7.58. The molecule has 132 valence electrons. The van der Waals surface area contributed by atoms with Crippen molar-refractivity contribution < 1.29 is 4.79 Å². The van der Waals surface area contributed by atoms with Crippen molar-refractivity contribution in [2.45, 2.75) is 37.3 Å². The van der Waals surface area contributed by atoms with Crippen molar-refractivity contribution in [2.24, 2.45) is 4.99 Å². The van der Waals surface area contributed by atoms with Crippen molar-refractivity contribution in [1.82, 2.24) is 4.90 Å². The van der Waals surface area contributed by atoms with Crippen molar-refractivity contribution in [3.05, 3.63) is 65.7 Å². The van der Waals surface area contributed by atoms with E-state index in [1.165, 1.54) is 24.0 Å². The number of hydrogen-bond donors (Lipinski definition) is 0. The molecule has 2 aromatic carbocycles. The van der Waals surface area contributed by atoms with Crippen molar-refractivity contribution >= 4 is 17.9 Å². The van der Waals surface area contributed by atoms with Crippen molar-refractivity contribution in [1.29, 1.82) is 0 Å². The van der Waals surface area contributed by atoms with Gasteiger partial charge in [0.15, 0.2) is 0 Å². The van der Waals surface area contributed by atoms with Gasteiger partial charge in [0.05, 0.1) is 6.34 Å². The molecule has 0 bridgehead atoms. The first-order chi connectivity index (χ1) is 12.8. The fourth-order valence-corrected chi connectivity index (χ4v) is 4.92. The van der Waals surface area contributed by atoms with E-state index in [4.69, 9.17) is 0 Å². The van der Waals surface area contributed by atoms with Crippen LogP contribution in [0.1, 0.15) is 36.4 Å². The summed E-state index contributed by atoms with van der Waals surface area (Å²) in [5.41, 5.74) is 3.54. The molecule has 5 rings (SSSR count). The summed E-state index contributed by atoms with van der Waals surface area (Å²) in [5, 5.41) is 0. The molecular weight excluding hydrogens is 322 g/mol. The number of amides is 1. The van der Waals surface area contributed by atoms with Crippen LogP contribution in [0.15, 0.2) is 59.6 Å². The second kappa shape index (κ2) is 6.06. The number of benzene rings is 2. The normalized spacial score (nSPS) is 24.4. The third-order valence-corrected chi connectivity index (χ3v) is 6.35. The van der Waals surface area contributed by atoms with Gasteiger partial charge in [-0.05, 0) is 48.9 Å². The van der Waals surface area contributed by atoms with Gasteiger partial charge in [-0.25, -0.2) is 4.99 Å². The molecule has 1 fully saturated rings. The fourth-order valence-electron chi connectivity index (χ4n) is 4.92. The monoisotopic (exact) mass is 345 g/mol. The van der Waals surface area contributed by atoms with E-state index in [0.717, 1.165) is 31.6 Å². The quantitative estimate of drug-likeness (QED) is 0.835. The molecule has 1 aliphatic carbocycles. The summed E-state index contributed by atoms with van der Waals surface area (Å²) in [4.78, 5) is 21.6. The first-order valence-electron chi connectivity index (χ1n) is 9.53. The lowest BCUT2D eigenvalue weighted by molar-refractivity contribution is -0.123. The molecule has 2 aromatic rings. The van der Waals surface area contributed by atoms with E-state index in [0.29, 0.717) is 6.04 Å². The molecule has 2 heterocycles. The lowest BCUT2D eigenvalue weighted by Crippen LogP contribution is -2.57. The third kappa shape index (κ3) is 2.32. The van der Waals surface area contributed by atoms with E-state index in [-0.39, 0.29) is 5.91 Å². The molecule has 26 heavy (non-hydrogen) atoms. The number of piperidine rings is 1. The number of likely N-dealkylation sites (tertiary alicyclic amines) is 1. The van der Waals surface area contributed by atoms with Crippen LogP contribution in [0.3, 0.4) is 0 Å². The van der Waals surface area contributed by atoms with Gasteiger partial charge in [0, 0.05) is 24.8 Å². The average molecular weight is 345 g/mol. The van der Waals surface area contributed by atoms with E-state index in [1.807, 2.05) is 18.2 Å². The minimum Gasteiger partial charge on any atom is -0.317 e. The number of rotatable bonds is 2. The van der Waals surface area contributed by atoms with Gasteiger partial charge in [-0.3, -0.25) is 9.69 Å². The van der Waals surface area contributed by atoms with Crippen LogP contribution >= 0.6 is 0 Å². The smallest absolute Gasteiger partial charge is 0.273 e. The molecule has 4 nitrogen and oxygen atoms in total. The van der Waals surface area contributed by atoms with E-state index in [1.54, 1.807) is 6.34 Å². The summed E-state index contributed by atoms with van der Waals surface area (Å²) in [6.45, 7) is 1.88. The third-order valence-electron chi connectivity index (χ3n) is 6.35. The highest BCUT2D eigenvalue weighted by molar-refractivity contribution is 6.08. The van der Waals surface area contributed by atoms with E-state index in [2.05, 4.69) is 51.2 Å². The number of fused-ring (bicyclic) bond motifs is 1. The van der Waals surface area contributed by atoms with Crippen LogP contribution in [-0.2, 0) is 11.2 Å². The number of carbonyl (C=O) groups excluding carboxylic acids is 1. The number of anilines is 1. The molecule has 0 saturated carbocycles. The van der Waals surface area contributed by atoms with Crippen molar-refractivity contribution in [3.8, 4) is 0 Å². The Morgan fingerprint density at radius 3 is 2.50 bits per heavy atom. The highest BCUT2D eigenvalue weighted by atomic mass is 16.2. The molecule has 4 heteroatoms. The Hall–Kier alpha value is -2.46. The molecule has 1 amide bonds. The van der Waals surface area contributed by atoms with Crippen LogP contribution in [0.2, 0.25) is 0 Å². The summed E-state index contributed by atoms with van der Waals surface area (Å²) < 4.78 is 0. The lowest BCUT2D eigenvalue weighted by atomic mass is 9.84. The second-order valence-electron chi connectivity index (χ2n) is 7.58. The number of hydrogen-bond acceptors (Lipinski definition) is 3. The van der Waals surface area contributed by atoms with Crippen LogP contribution in [0.25, 0.3) is 0 Å². The Kier molecular flexibility index (Phi) is 3.68. The maximum Gasteiger partial charge on any atom is 0.273 e. The van der Waals surface area contributed by atoms with Crippen molar-refractivity contribution in [2.75, 3.05) is 18.0 Å².